The van der Waals surface area contributed by atoms with Crippen molar-refractivity contribution in [2.45, 2.75) is 6.42 Å². The van der Waals surface area contributed by atoms with Crippen LogP contribution in [-0.2, 0) is 6.42 Å². The number of benzene rings is 2. The number of aromatic carboxylic acids is 1. The van der Waals surface area contributed by atoms with Crippen molar-refractivity contribution in [3.8, 4) is 0 Å². The minimum atomic E-state index is -0.922. The fourth-order valence-electron chi connectivity index (χ4n) is 1.92. The summed E-state index contributed by atoms with van der Waals surface area (Å²) in [6.45, 7) is 0.711. The van der Waals surface area contributed by atoms with Crippen molar-refractivity contribution >= 4 is 17.6 Å². The van der Waals surface area contributed by atoms with Gasteiger partial charge >= 0.3 is 5.97 Å². The Kier molecular flexibility index (Phi) is 4.56. The second-order valence-electron chi connectivity index (χ2n) is 4.62. The Hall–Kier alpha value is -2.82. The van der Waals surface area contributed by atoms with Crippen LogP contribution in [0.1, 0.15) is 26.3 Å². The van der Waals surface area contributed by atoms with Crippen molar-refractivity contribution in [1.82, 2.24) is 0 Å². The monoisotopic (exact) mass is 284 g/mol. The van der Waals surface area contributed by atoms with Gasteiger partial charge in [0.15, 0.2) is 0 Å². The normalized spacial score (nSPS) is 10.1. The molecule has 1 amide bonds. The fourth-order valence-corrected chi connectivity index (χ4v) is 1.92. The predicted octanol–water partition coefficient (Wildman–Crippen LogP) is 2.14. The molecule has 0 aliphatic heterocycles. The summed E-state index contributed by atoms with van der Waals surface area (Å²) in [6.07, 6.45) is 0.775. The number of nitrogens with one attached hydrogen (secondary N) is 1. The van der Waals surface area contributed by atoms with Crippen LogP contribution in [0.2, 0.25) is 0 Å². The second kappa shape index (κ2) is 6.56. The van der Waals surface area contributed by atoms with Crippen LogP contribution in [0, 0.1) is 0 Å². The van der Waals surface area contributed by atoms with Crippen LogP contribution in [0.5, 0.6) is 0 Å². The van der Waals surface area contributed by atoms with Crippen molar-refractivity contribution in [2.75, 3.05) is 11.9 Å². The molecule has 2 aromatic carbocycles. The highest BCUT2D eigenvalue weighted by Crippen LogP contribution is 2.10. The van der Waals surface area contributed by atoms with Crippen LogP contribution in [0.15, 0.2) is 48.5 Å². The Morgan fingerprint density at radius 3 is 2.05 bits per heavy atom. The van der Waals surface area contributed by atoms with Crippen LogP contribution in [0.3, 0.4) is 0 Å². The molecule has 2 aromatic rings. The first-order valence-electron chi connectivity index (χ1n) is 6.52. The highest BCUT2D eigenvalue weighted by molar-refractivity contribution is 5.93. The number of rotatable bonds is 6. The molecular formula is C16H16N2O3. The van der Waals surface area contributed by atoms with E-state index in [-0.39, 0.29) is 5.56 Å². The molecule has 2 rings (SSSR count). The second-order valence-corrected chi connectivity index (χ2v) is 4.62. The van der Waals surface area contributed by atoms with Crippen molar-refractivity contribution < 1.29 is 14.7 Å². The van der Waals surface area contributed by atoms with Gasteiger partial charge in [0.05, 0.1) is 5.56 Å². The Morgan fingerprint density at radius 1 is 0.952 bits per heavy atom. The highest BCUT2D eigenvalue weighted by atomic mass is 16.4. The molecule has 0 unspecified atom stereocenters. The van der Waals surface area contributed by atoms with Crippen molar-refractivity contribution in [3.05, 3.63) is 65.2 Å². The number of nitrogens with two attached hydrogens (primary N) is 1. The van der Waals surface area contributed by atoms with Crippen LogP contribution in [-0.4, -0.2) is 23.5 Å². The van der Waals surface area contributed by atoms with Gasteiger partial charge in [-0.2, -0.15) is 0 Å². The fraction of sp³-hybridized carbons (Fsp3) is 0.125. The SMILES string of the molecule is NC(=O)c1ccc(NCCc2ccc(C(=O)O)cc2)cc1. The third-order valence-corrected chi connectivity index (χ3v) is 3.11. The number of carboxylic acid groups (broad SMARTS) is 1. The minimum Gasteiger partial charge on any atom is -0.478 e. The van der Waals surface area contributed by atoms with Crippen LogP contribution < -0.4 is 11.1 Å². The number of primary amides is 1. The number of hydrogen-bond donors (Lipinski definition) is 3. The first-order valence-corrected chi connectivity index (χ1v) is 6.52. The van der Waals surface area contributed by atoms with Gasteiger partial charge in [0, 0.05) is 17.8 Å². The summed E-state index contributed by atoms with van der Waals surface area (Å²) in [5, 5.41) is 12.0. The van der Waals surface area contributed by atoms with E-state index in [4.69, 9.17) is 10.8 Å². The molecule has 0 heterocycles. The van der Waals surface area contributed by atoms with E-state index in [2.05, 4.69) is 5.32 Å². The standard InChI is InChI=1S/C16H16N2O3/c17-15(19)12-5-7-14(8-6-12)18-10-9-11-1-3-13(4-2-11)16(20)21/h1-8,18H,9-10H2,(H2,17,19)(H,20,21). The van der Waals surface area contributed by atoms with E-state index >= 15 is 0 Å². The molecule has 0 bridgehead atoms. The van der Waals surface area contributed by atoms with Crippen LogP contribution in [0.4, 0.5) is 5.69 Å². The van der Waals surface area contributed by atoms with Gasteiger partial charge in [0.1, 0.15) is 0 Å². The quantitative estimate of drug-likeness (QED) is 0.757. The Bertz CT molecular complexity index is 576. The summed E-state index contributed by atoms with van der Waals surface area (Å²) >= 11 is 0. The van der Waals surface area contributed by atoms with E-state index in [0.717, 1.165) is 17.7 Å². The van der Waals surface area contributed by atoms with Gasteiger partial charge < -0.3 is 16.2 Å². The first-order chi connectivity index (χ1) is 10.1. The molecule has 5 nitrogen and oxygen atoms in total. The van der Waals surface area contributed by atoms with Gasteiger partial charge in [0.2, 0.25) is 5.91 Å². The molecule has 21 heavy (non-hydrogen) atoms. The Balaban J connectivity index is 1.86. The molecule has 0 aromatic heterocycles. The summed E-state index contributed by atoms with van der Waals surface area (Å²) in [6, 6.07) is 13.8. The van der Waals surface area contributed by atoms with E-state index in [1.165, 1.54) is 0 Å². The lowest BCUT2D eigenvalue weighted by Gasteiger charge is -2.07. The maximum Gasteiger partial charge on any atom is 0.335 e. The van der Waals surface area contributed by atoms with E-state index in [1.807, 2.05) is 0 Å². The van der Waals surface area contributed by atoms with Gasteiger partial charge in [-0.25, -0.2) is 4.79 Å². The summed E-state index contributed by atoms with van der Waals surface area (Å²) in [7, 11) is 0. The van der Waals surface area contributed by atoms with Gasteiger partial charge in [-0.3, -0.25) is 4.79 Å². The van der Waals surface area contributed by atoms with E-state index in [1.54, 1.807) is 48.5 Å². The molecular weight excluding hydrogens is 268 g/mol. The van der Waals surface area contributed by atoms with Gasteiger partial charge in [-0.1, -0.05) is 12.1 Å². The predicted molar refractivity (Wildman–Crippen MR) is 80.6 cm³/mol. The number of hydrogen-bond acceptors (Lipinski definition) is 3. The number of amides is 1. The van der Waals surface area contributed by atoms with Crippen molar-refractivity contribution in [1.29, 1.82) is 0 Å². The molecule has 0 atom stereocenters. The van der Waals surface area contributed by atoms with Crippen molar-refractivity contribution in [2.24, 2.45) is 5.73 Å². The lowest BCUT2D eigenvalue weighted by molar-refractivity contribution is 0.0696. The summed E-state index contributed by atoms with van der Waals surface area (Å²) in [4.78, 5) is 21.7. The average molecular weight is 284 g/mol. The van der Waals surface area contributed by atoms with E-state index in [0.29, 0.717) is 12.1 Å². The van der Waals surface area contributed by atoms with Gasteiger partial charge in [0.25, 0.3) is 0 Å². The number of carbonyl (C=O) groups excluding carboxylic acids is 1. The Morgan fingerprint density at radius 2 is 1.52 bits per heavy atom. The molecule has 0 spiro atoms. The van der Waals surface area contributed by atoms with Gasteiger partial charge in [-0.15, -0.1) is 0 Å². The number of carbonyl (C=O) groups is 2. The van der Waals surface area contributed by atoms with E-state index in [9.17, 15) is 9.59 Å². The molecule has 4 N–H and O–H groups in total. The lowest BCUT2D eigenvalue weighted by Crippen LogP contribution is -2.11. The average Bonchev–Trinajstić information content (AvgIpc) is 2.48. The summed E-state index contributed by atoms with van der Waals surface area (Å²) < 4.78 is 0. The topological polar surface area (TPSA) is 92.4 Å². The largest absolute Gasteiger partial charge is 0.478 e. The zero-order valence-corrected chi connectivity index (χ0v) is 11.4. The number of anilines is 1. The molecule has 108 valence electrons. The molecule has 5 heteroatoms. The smallest absolute Gasteiger partial charge is 0.335 e. The maximum absolute atomic E-state index is 10.9. The molecule has 0 radical (unpaired) electrons. The zero-order valence-electron chi connectivity index (χ0n) is 11.4. The van der Waals surface area contributed by atoms with Crippen LogP contribution >= 0.6 is 0 Å². The lowest BCUT2D eigenvalue weighted by atomic mass is 10.1. The highest BCUT2D eigenvalue weighted by Gasteiger charge is 2.02. The Labute approximate surface area is 122 Å². The molecule has 0 aliphatic carbocycles. The third-order valence-electron chi connectivity index (χ3n) is 3.11. The first kappa shape index (κ1) is 14.6. The van der Waals surface area contributed by atoms with Crippen molar-refractivity contribution in [3.63, 3.8) is 0 Å². The van der Waals surface area contributed by atoms with E-state index < -0.39 is 11.9 Å². The van der Waals surface area contributed by atoms with Gasteiger partial charge in [-0.05, 0) is 48.4 Å². The summed E-state index contributed by atoms with van der Waals surface area (Å²) in [5.41, 5.74) is 7.90. The molecule has 0 saturated carbocycles. The van der Waals surface area contributed by atoms with Crippen LogP contribution in [0.25, 0.3) is 0 Å². The molecule has 0 aliphatic rings. The number of carboxylic acids is 1. The summed E-state index contributed by atoms with van der Waals surface area (Å²) in [5.74, 6) is -1.37. The maximum atomic E-state index is 10.9. The molecule has 0 saturated heterocycles. The minimum absolute atomic E-state index is 0.286. The third kappa shape index (κ3) is 4.07. The molecule has 0 fully saturated rings. The zero-order chi connectivity index (χ0) is 15.2.